The predicted octanol–water partition coefficient (Wildman–Crippen LogP) is 3.37. The maximum absolute atomic E-state index is 12.3. The number of ether oxygens (including phenoxy) is 3. The van der Waals surface area contributed by atoms with E-state index in [4.69, 9.17) is 14.2 Å². The van der Waals surface area contributed by atoms with E-state index >= 15 is 0 Å². The summed E-state index contributed by atoms with van der Waals surface area (Å²) in [4.78, 5) is 24.0. The topological polar surface area (TPSA) is 73.9 Å². The summed E-state index contributed by atoms with van der Waals surface area (Å²) in [6.07, 6.45) is 0.200. The summed E-state index contributed by atoms with van der Waals surface area (Å²) in [5.74, 6) is 0.666. The van der Waals surface area contributed by atoms with Gasteiger partial charge in [-0.2, -0.15) is 0 Å². The molecule has 2 aromatic carbocycles. The van der Waals surface area contributed by atoms with Gasteiger partial charge in [0.1, 0.15) is 0 Å². The van der Waals surface area contributed by atoms with E-state index in [1.54, 1.807) is 51.5 Å². The van der Waals surface area contributed by atoms with E-state index in [0.29, 0.717) is 29.4 Å². The van der Waals surface area contributed by atoms with Crippen LogP contribution in [0.1, 0.15) is 28.4 Å². The number of aryl methyl sites for hydroxylation is 1. The molecule has 0 unspecified atom stereocenters. The molecule has 0 spiro atoms. The number of amides is 1. The second kappa shape index (κ2) is 8.89. The lowest BCUT2D eigenvalue weighted by molar-refractivity contribution is -0.115. The molecule has 1 amide bonds. The van der Waals surface area contributed by atoms with Crippen LogP contribution < -0.4 is 14.8 Å². The molecule has 26 heavy (non-hydrogen) atoms. The maximum Gasteiger partial charge on any atom is 0.338 e. The van der Waals surface area contributed by atoms with Gasteiger partial charge in [0.25, 0.3) is 0 Å². The largest absolute Gasteiger partial charge is 0.493 e. The van der Waals surface area contributed by atoms with Gasteiger partial charge in [0.05, 0.1) is 32.8 Å². The Hall–Kier alpha value is -3.02. The average Bonchev–Trinajstić information content (AvgIpc) is 2.63. The van der Waals surface area contributed by atoms with Crippen LogP contribution in [0.15, 0.2) is 36.4 Å². The minimum absolute atomic E-state index is 0.163. The zero-order chi connectivity index (χ0) is 19.1. The minimum Gasteiger partial charge on any atom is -0.493 e. The SMILES string of the molecule is CCOC(=O)c1ccc(NC(=O)Cc2cc(OC)c(OC)cc2C)cc1. The first-order valence-corrected chi connectivity index (χ1v) is 8.27. The number of esters is 1. The lowest BCUT2D eigenvalue weighted by Gasteiger charge is -2.13. The molecule has 0 atom stereocenters. The molecule has 0 aromatic heterocycles. The molecule has 0 heterocycles. The Morgan fingerprint density at radius 3 is 2.19 bits per heavy atom. The van der Waals surface area contributed by atoms with Crippen LogP contribution in [0.2, 0.25) is 0 Å². The van der Waals surface area contributed by atoms with E-state index in [1.807, 2.05) is 13.0 Å². The molecule has 0 fully saturated rings. The van der Waals surface area contributed by atoms with Crippen molar-refractivity contribution in [2.75, 3.05) is 26.1 Å². The molecular formula is C20H23NO5. The van der Waals surface area contributed by atoms with Crippen molar-refractivity contribution in [3.05, 3.63) is 53.1 Å². The number of methoxy groups -OCH3 is 2. The van der Waals surface area contributed by atoms with Crippen molar-refractivity contribution in [3.63, 3.8) is 0 Å². The van der Waals surface area contributed by atoms with Gasteiger partial charge in [-0.3, -0.25) is 4.79 Å². The summed E-state index contributed by atoms with van der Waals surface area (Å²) < 4.78 is 15.5. The number of rotatable bonds is 7. The molecule has 0 aliphatic rings. The number of nitrogens with one attached hydrogen (secondary N) is 1. The molecule has 2 aromatic rings. The first-order chi connectivity index (χ1) is 12.5. The van der Waals surface area contributed by atoms with Crippen molar-refractivity contribution < 1.29 is 23.8 Å². The average molecular weight is 357 g/mol. The molecular weight excluding hydrogens is 334 g/mol. The first kappa shape index (κ1) is 19.3. The van der Waals surface area contributed by atoms with Crippen LogP contribution in [-0.2, 0) is 16.0 Å². The van der Waals surface area contributed by atoms with Gasteiger partial charge in [-0.1, -0.05) is 0 Å². The van der Waals surface area contributed by atoms with Crippen molar-refractivity contribution in [2.45, 2.75) is 20.3 Å². The van der Waals surface area contributed by atoms with Crippen LogP contribution in [0, 0.1) is 6.92 Å². The highest BCUT2D eigenvalue weighted by atomic mass is 16.5. The summed E-state index contributed by atoms with van der Waals surface area (Å²) in [7, 11) is 3.13. The highest BCUT2D eigenvalue weighted by Gasteiger charge is 2.12. The molecule has 0 radical (unpaired) electrons. The van der Waals surface area contributed by atoms with Gasteiger partial charge in [-0.25, -0.2) is 4.79 Å². The van der Waals surface area contributed by atoms with Gasteiger partial charge >= 0.3 is 5.97 Å². The van der Waals surface area contributed by atoms with E-state index in [9.17, 15) is 9.59 Å². The third-order valence-corrected chi connectivity index (χ3v) is 3.87. The Balaban J connectivity index is 2.06. The first-order valence-electron chi connectivity index (χ1n) is 8.27. The predicted molar refractivity (Wildman–Crippen MR) is 99.0 cm³/mol. The summed E-state index contributed by atoms with van der Waals surface area (Å²) >= 11 is 0. The Kier molecular flexibility index (Phi) is 6.60. The molecule has 1 N–H and O–H groups in total. The molecule has 0 saturated carbocycles. The molecule has 0 bridgehead atoms. The number of hydrogen-bond donors (Lipinski definition) is 1. The number of hydrogen-bond acceptors (Lipinski definition) is 5. The third kappa shape index (κ3) is 4.75. The van der Waals surface area contributed by atoms with E-state index in [2.05, 4.69) is 5.32 Å². The lowest BCUT2D eigenvalue weighted by atomic mass is 10.0. The Morgan fingerprint density at radius 1 is 1.00 bits per heavy atom. The molecule has 6 nitrogen and oxygen atoms in total. The Morgan fingerprint density at radius 2 is 1.62 bits per heavy atom. The van der Waals surface area contributed by atoms with Gasteiger partial charge in [-0.05, 0) is 61.4 Å². The minimum atomic E-state index is -0.383. The summed E-state index contributed by atoms with van der Waals surface area (Å²) in [5.41, 5.74) is 2.85. The number of carbonyl (C=O) groups is 2. The van der Waals surface area contributed by atoms with Crippen molar-refractivity contribution in [2.24, 2.45) is 0 Å². The fraction of sp³-hybridized carbons (Fsp3) is 0.300. The Labute approximate surface area is 153 Å². The fourth-order valence-electron chi connectivity index (χ4n) is 2.50. The van der Waals surface area contributed by atoms with E-state index < -0.39 is 0 Å². The van der Waals surface area contributed by atoms with Crippen molar-refractivity contribution in [1.82, 2.24) is 0 Å². The lowest BCUT2D eigenvalue weighted by Crippen LogP contribution is -2.15. The van der Waals surface area contributed by atoms with Crippen molar-refractivity contribution >= 4 is 17.6 Å². The normalized spacial score (nSPS) is 10.2. The van der Waals surface area contributed by atoms with Crippen LogP contribution in [0.4, 0.5) is 5.69 Å². The van der Waals surface area contributed by atoms with E-state index in [0.717, 1.165) is 11.1 Å². The number of carbonyl (C=O) groups excluding carboxylic acids is 2. The van der Waals surface area contributed by atoms with Crippen LogP contribution in [-0.4, -0.2) is 32.7 Å². The van der Waals surface area contributed by atoms with Gasteiger partial charge in [0.2, 0.25) is 5.91 Å². The van der Waals surface area contributed by atoms with Crippen molar-refractivity contribution in [3.8, 4) is 11.5 Å². The van der Waals surface area contributed by atoms with Crippen LogP contribution >= 0.6 is 0 Å². The van der Waals surface area contributed by atoms with Crippen LogP contribution in [0.3, 0.4) is 0 Å². The van der Waals surface area contributed by atoms with Crippen molar-refractivity contribution in [1.29, 1.82) is 0 Å². The zero-order valence-corrected chi connectivity index (χ0v) is 15.4. The molecule has 0 saturated heterocycles. The fourth-order valence-corrected chi connectivity index (χ4v) is 2.50. The third-order valence-electron chi connectivity index (χ3n) is 3.87. The standard InChI is InChI=1S/C20H23NO5/c1-5-26-20(23)14-6-8-16(9-7-14)21-19(22)12-15-11-18(25-4)17(24-3)10-13(15)2/h6-11H,5,12H2,1-4H3,(H,21,22). The zero-order valence-electron chi connectivity index (χ0n) is 15.4. The quantitative estimate of drug-likeness (QED) is 0.769. The van der Waals surface area contributed by atoms with E-state index in [-0.39, 0.29) is 18.3 Å². The molecule has 0 aliphatic heterocycles. The maximum atomic E-state index is 12.3. The monoisotopic (exact) mass is 357 g/mol. The van der Waals surface area contributed by atoms with Gasteiger partial charge in [0, 0.05) is 5.69 Å². The molecule has 6 heteroatoms. The van der Waals surface area contributed by atoms with Gasteiger partial charge < -0.3 is 19.5 Å². The number of anilines is 1. The van der Waals surface area contributed by atoms with Crippen LogP contribution in [0.5, 0.6) is 11.5 Å². The van der Waals surface area contributed by atoms with Gasteiger partial charge in [-0.15, -0.1) is 0 Å². The molecule has 138 valence electrons. The van der Waals surface area contributed by atoms with Crippen LogP contribution in [0.25, 0.3) is 0 Å². The highest BCUT2D eigenvalue weighted by Crippen LogP contribution is 2.30. The summed E-state index contributed by atoms with van der Waals surface area (Å²) in [6.45, 7) is 3.99. The second-order valence-corrected chi connectivity index (χ2v) is 5.66. The molecule has 0 aliphatic carbocycles. The summed E-state index contributed by atoms with van der Waals surface area (Å²) in [6, 6.07) is 10.2. The molecule has 2 rings (SSSR count). The Bertz CT molecular complexity index is 784. The highest BCUT2D eigenvalue weighted by molar-refractivity contribution is 5.94. The smallest absolute Gasteiger partial charge is 0.338 e. The summed E-state index contributed by atoms with van der Waals surface area (Å²) in [5, 5.41) is 2.82. The number of benzene rings is 2. The second-order valence-electron chi connectivity index (χ2n) is 5.66. The van der Waals surface area contributed by atoms with Gasteiger partial charge in [0.15, 0.2) is 11.5 Å². The van der Waals surface area contributed by atoms with E-state index in [1.165, 1.54) is 0 Å².